The Kier molecular flexibility index (Phi) is 8.13. The molecule has 186 valence electrons. The highest BCUT2D eigenvalue weighted by Crippen LogP contribution is 2.33. The molecule has 3 rings (SSSR count). The average Bonchev–Trinajstić information content (AvgIpc) is 2.80. The first kappa shape index (κ1) is 25.8. The lowest BCUT2D eigenvalue weighted by molar-refractivity contribution is 0.134. The van der Waals surface area contributed by atoms with Crippen molar-refractivity contribution in [1.29, 1.82) is 0 Å². The minimum atomic E-state index is -3.46. The van der Waals surface area contributed by atoms with Crippen molar-refractivity contribution in [2.24, 2.45) is 5.73 Å². The molecule has 1 heterocycles. The fourth-order valence-corrected chi connectivity index (χ4v) is 3.68. The number of carbonyl (C=O) groups excluding carboxylic acids is 1. The van der Waals surface area contributed by atoms with Crippen LogP contribution < -0.4 is 19.9 Å². The van der Waals surface area contributed by atoms with Crippen LogP contribution in [0.5, 0.6) is 11.5 Å². The van der Waals surface area contributed by atoms with Crippen LogP contribution in [0.2, 0.25) is 0 Å². The Labute approximate surface area is 204 Å². The van der Waals surface area contributed by atoms with Gasteiger partial charge in [0.1, 0.15) is 31.3 Å². The molecule has 0 saturated heterocycles. The summed E-state index contributed by atoms with van der Waals surface area (Å²) in [6.07, 6.45) is 1.68. The number of hydrogen-bond acceptors (Lipinski definition) is 8. The number of nitrogens with two attached hydrogens (primary N) is 1. The van der Waals surface area contributed by atoms with Gasteiger partial charge in [0.15, 0.2) is 0 Å². The minimum absolute atomic E-state index is 0.00103. The fourth-order valence-electron chi connectivity index (χ4n) is 3.25. The molecule has 10 nitrogen and oxygen atoms in total. The standard InChI is InChI=1S/C24H28N4O6S/c1-24(2,17-4-8-20(9-5-17)32-14-15-33-22(25)29)18-6-10-21(11-7-18)34-16-19-12-13-26-23(27-19)28-35(3,30)31/h4-13H,14-16H2,1-3H3,(H2,25,29)(H,26,27,28). The van der Waals surface area contributed by atoms with Crippen LogP contribution in [0.25, 0.3) is 0 Å². The Balaban J connectivity index is 1.59. The van der Waals surface area contributed by atoms with Crippen LogP contribution in [-0.2, 0) is 26.8 Å². The summed E-state index contributed by atoms with van der Waals surface area (Å²) in [5.74, 6) is 1.32. The summed E-state index contributed by atoms with van der Waals surface area (Å²) in [5, 5.41) is 0. The molecule has 0 aliphatic rings. The molecule has 3 N–H and O–H groups in total. The minimum Gasteiger partial charge on any atom is -0.490 e. The number of aromatic nitrogens is 2. The number of rotatable bonds is 11. The van der Waals surface area contributed by atoms with Gasteiger partial charge in [0.05, 0.1) is 11.9 Å². The second kappa shape index (κ2) is 11.0. The Bertz CT molecular complexity index is 1250. The predicted molar refractivity (Wildman–Crippen MR) is 131 cm³/mol. The molecule has 0 atom stereocenters. The van der Waals surface area contributed by atoms with E-state index in [0.717, 1.165) is 17.4 Å². The summed E-state index contributed by atoms with van der Waals surface area (Å²) >= 11 is 0. The summed E-state index contributed by atoms with van der Waals surface area (Å²) < 4.78 is 40.9. The Morgan fingerprint density at radius 2 is 1.51 bits per heavy atom. The van der Waals surface area contributed by atoms with Crippen LogP contribution in [0.1, 0.15) is 30.7 Å². The van der Waals surface area contributed by atoms with E-state index in [1.807, 2.05) is 48.5 Å². The average molecular weight is 501 g/mol. The molecule has 35 heavy (non-hydrogen) atoms. The number of amides is 1. The molecule has 0 aliphatic heterocycles. The summed E-state index contributed by atoms with van der Waals surface area (Å²) in [5.41, 5.74) is 7.38. The van der Waals surface area contributed by atoms with E-state index in [2.05, 4.69) is 33.3 Å². The molecule has 0 bridgehead atoms. The van der Waals surface area contributed by atoms with Gasteiger partial charge in [-0.15, -0.1) is 0 Å². The van der Waals surface area contributed by atoms with Gasteiger partial charge < -0.3 is 19.9 Å². The Hall–Kier alpha value is -3.86. The fraction of sp³-hybridized carbons (Fsp3) is 0.292. The van der Waals surface area contributed by atoms with Gasteiger partial charge in [0.2, 0.25) is 16.0 Å². The molecule has 11 heteroatoms. The van der Waals surface area contributed by atoms with Gasteiger partial charge >= 0.3 is 6.09 Å². The normalized spacial score (nSPS) is 11.5. The number of sulfonamides is 1. The first-order valence-electron chi connectivity index (χ1n) is 10.7. The summed E-state index contributed by atoms with van der Waals surface area (Å²) in [6, 6.07) is 17.1. The molecule has 2 aromatic carbocycles. The molecule has 0 aliphatic carbocycles. The lowest BCUT2D eigenvalue weighted by Gasteiger charge is -2.26. The summed E-state index contributed by atoms with van der Waals surface area (Å²) in [4.78, 5) is 18.6. The maximum atomic E-state index is 11.3. The zero-order valence-electron chi connectivity index (χ0n) is 19.7. The highest BCUT2D eigenvalue weighted by atomic mass is 32.2. The van der Waals surface area contributed by atoms with Crippen LogP contribution >= 0.6 is 0 Å². The van der Waals surface area contributed by atoms with Crippen LogP contribution in [0.15, 0.2) is 60.8 Å². The van der Waals surface area contributed by atoms with Gasteiger partial charge in [-0.25, -0.2) is 23.2 Å². The largest absolute Gasteiger partial charge is 0.490 e. The quantitative estimate of drug-likeness (QED) is 0.382. The van der Waals surface area contributed by atoms with E-state index >= 15 is 0 Å². The third-order valence-corrected chi connectivity index (χ3v) is 5.68. The van der Waals surface area contributed by atoms with Crippen LogP contribution in [0.4, 0.5) is 10.7 Å². The van der Waals surface area contributed by atoms with Crippen molar-refractivity contribution in [3.8, 4) is 11.5 Å². The molecular weight excluding hydrogens is 472 g/mol. The zero-order chi connectivity index (χ0) is 25.5. The maximum Gasteiger partial charge on any atom is 0.404 e. The summed E-state index contributed by atoms with van der Waals surface area (Å²) in [7, 11) is -3.46. The molecule has 1 aromatic heterocycles. The predicted octanol–water partition coefficient (Wildman–Crippen LogP) is 3.23. The van der Waals surface area contributed by atoms with Crippen molar-refractivity contribution in [2.45, 2.75) is 25.9 Å². The van der Waals surface area contributed by atoms with Crippen molar-refractivity contribution >= 4 is 22.1 Å². The first-order chi connectivity index (χ1) is 16.5. The van der Waals surface area contributed by atoms with E-state index in [1.54, 1.807) is 6.07 Å². The van der Waals surface area contributed by atoms with Crippen molar-refractivity contribution in [3.63, 3.8) is 0 Å². The smallest absolute Gasteiger partial charge is 0.404 e. The number of primary amides is 1. The van der Waals surface area contributed by atoms with Gasteiger partial charge in [0.25, 0.3) is 0 Å². The van der Waals surface area contributed by atoms with Crippen LogP contribution in [-0.4, -0.2) is 43.9 Å². The number of hydrogen-bond donors (Lipinski definition) is 2. The maximum absolute atomic E-state index is 11.3. The van der Waals surface area contributed by atoms with Crippen LogP contribution in [0.3, 0.4) is 0 Å². The number of carbonyl (C=O) groups is 1. The molecule has 0 radical (unpaired) electrons. The van der Waals surface area contributed by atoms with Gasteiger partial charge in [-0.2, -0.15) is 0 Å². The zero-order valence-corrected chi connectivity index (χ0v) is 20.5. The SMILES string of the molecule is CC(C)(c1ccc(OCCOC(N)=O)cc1)c1ccc(OCc2ccnc(NS(C)(=O)=O)n2)cc1. The lowest BCUT2D eigenvalue weighted by Crippen LogP contribution is -2.19. The highest BCUT2D eigenvalue weighted by Gasteiger charge is 2.23. The lowest BCUT2D eigenvalue weighted by atomic mass is 9.78. The van der Waals surface area contributed by atoms with Gasteiger partial charge in [-0.05, 0) is 41.5 Å². The van der Waals surface area contributed by atoms with Crippen LogP contribution in [0, 0.1) is 0 Å². The third kappa shape index (κ3) is 7.85. The van der Waals surface area contributed by atoms with E-state index in [-0.39, 0.29) is 31.2 Å². The topological polar surface area (TPSA) is 143 Å². The van der Waals surface area contributed by atoms with E-state index in [0.29, 0.717) is 17.2 Å². The van der Waals surface area contributed by atoms with E-state index < -0.39 is 16.1 Å². The molecule has 0 fully saturated rings. The second-order valence-electron chi connectivity index (χ2n) is 8.22. The van der Waals surface area contributed by atoms with Crippen molar-refractivity contribution < 1.29 is 27.4 Å². The molecule has 0 unspecified atom stereocenters. The summed E-state index contributed by atoms with van der Waals surface area (Å²) in [6.45, 7) is 4.72. The molecular formula is C24H28N4O6S. The monoisotopic (exact) mass is 500 g/mol. The number of ether oxygens (including phenoxy) is 3. The van der Waals surface area contributed by atoms with Crippen molar-refractivity contribution in [1.82, 2.24) is 9.97 Å². The van der Waals surface area contributed by atoms with Crippen molar-refractivity contribution in [3.05, 3.63) is 77.6 Å². The van der Waals surface area contributed by atoms with Gasteiger partial charge in [0, 0.05) is 11.6 Å². The van der Waals surface area contributed by atoms with E-state index in [1.165, 1.54) is 6.20 Å². The third-order valence-electron chi connectivity index (χ3n) is 5.13. The number of anilines is 1. The number of benzene rings is 2. The van der Waals surface area contributed by atoms with E-state index in [9.17, 15) is 13.2 Å². The molecule has 1 amide bonds. The highest BCUT2D eigenvalue weighted by molar-refractivity contribution is 7.91. The first-order valence-corrected chi connectivity index (χ1v) is 12.6. The van der Waals surface area contributed by atoms with E-state index in [4.69, 9.17) is 15.2 Å². The number of nitrogens with one attached hydrogen (secondary N) is 1. The molecule has 3 aromatic rings. The Morgan fingerprint density at radius 3 is 2.06 bits per heavy atom. The molecule has 0 spiro atoms. The molecule has 0 saturated carbocycles. The van der Waals surface area contributed by atoms with Crippen molar-refractivity contribution in [2.75, 3.05) is 24.2 Å². The second-order valence-corrected chi connectivity index (χ2v) is 9.97. The van der Waals surface area contributed by atoms with Gasteiger partial charge in [-0.1, -0.05) is 38.1 Å². The number of nitrogens with zero attached hydrogens (tertiary/aromatic N) is 2. The Morgan fingerprint density at radius 1 is 0.943 bits per heavy atom. The van der Waals surface area contributed by atoms with Gasteiger partial charge in [-0.3, -0.25) is 4.72 Å².